The van der Waals surface area contributed by atoms with Gasteiger partial charge in [0, 0.05) is 12.7 Å². The van der Waals surface area contributed by atoms with Gasteiger partial charge in [-0.15, -0.1) is 0 Å². The average molecular weight is 606 g/mol. The minimum absolute atomic E-state index is 0.0469. The molecule has 45 heavy (non-hydrogen) atoms. The molecule has 0 aliphatic carbocycles. The fourth-order valence-corrected chi connectivity index (χ4v) is 11.3. The van der Waals surface area contributed by atoms with E-state index in [0.717, 1.165) is 34.4 Å². The van der Waals surface area contributed by atoms with Gasteiger partial charge in [-0.25, -0.2) is 0 Å². The van der Waals surface area contributed by atoms with Gasteiger partial charge in [0.2, 0.25) is 0 Å². The zero-order valence-corrected chi connectivity index (χ0v) is 26.3. The molecule has 0 spiro atoms. The van der Waals surface area contributed by atoms with Gasteiger partial charge in [0.15, 0.2) is 0 Å². The predicted octanol–water partition coefficient (Wildman–Crippen LogP) is 7.01. The average Bonchev–Trinajstić information content (AvgIpc) is 3.54. The van der Waals surface area contributed by atoms with Crippen LogP contribution in [0, 0.1) is 0 Å². The normalized spacial score (nSPS) is 12.8. The van der Waals surface area contributed by atoms with Gasteiger partial charge in [0.1, 0.15) is 0 Å². The van der Waals surface area contributed by atoms with Crippen LogP contribution in [-0.4, -0.2) is 31.4 Å². The summed E-state index contributed by atoms with van der Waals surface area (Å²) in [5, 5.41) is 12.9. The summed E-state index contributed by atoms with van der Waals surface area (Å²) in [5.41, 5.74) is 5.95. The molecule has 0 unspecified atom stereocenters. The number of benzene rings is 6. The number of rotatable bonds is 9. The number of aliphatic imine (C=N–C) groups is 1. The number of nitrogens with zero attached hydrogens (tertiary/aromatic N) is 1. The van der Waals surface area contributed by atoms with E-state index >= 15 is 0 Å². The summed E-state index contributed by atoms with van der Waals surface area (Å²) < 4.78 is 0. The smallest absolute Gasteiger partial charge is 0.0311 e. The molecule has 0 bridgehead atoms. The van der Waals surface area contributed by atoms with Crippen molar-refractivity contribution >= 4 is 56.9 Å². The zero-order chi connectivity index (χ0) is 30.6. The number of carbonyl (C=O) groups excluding carboxylic acids is 1. The molecule has 4 nitrogen and oxygen atoms in total. The molecule has 0 fully saturated rings. The van der Waals surface area contributed by atoms with Crippen LogP contribution < -0.4 is 26.5 Å². The number of fused-ring (bicyclic) bond motifs is 2. The third kappa shape index (κ3) is 5.66. The van der Waals surface area contributed by atoms with Crippen molar-refractivity contribution in [2.24, 2.45) is 4.99 Å². The van der Waals surface area contributed by atoms with Crippen LogP contribution in [0.25, 0.3) is 10.8 Å². The molecule has 7 rings (SSSR count). The van der Waals surface area contributed by atoms with Crippen LogP contribution in [-0.2, 0) is 6.42 Å². The monoisotopic (exact) mass is 605 g/mol. The summed E-state index contributed by atoms with van der Waals surface area (Å²) in [4.78, 5) is 18.5. The molecule has 0 saturated heterocycles. The van der Waals surface area contributed by atoms with E-state index in [1.54, 1.807) is 0 Å². The molecule has 2 N–H and O–H groups in total. The van der Waals surface area contributed by atoms with E-state index < -0.39 is 7.26 Å². The fourth-order valence-electron chi connectivity index (χ4n) is 6.66. The topological polar surface area (TPSA) is 53.5 Å². The molecule has 1 amide bonds. The summed E-state index contributed by atoms with van der Waals surface area (Å²) in [7, 11) is -0.483. The SMILES string of the molecule is CNc1ccc2cc(C3=Nc4ccc(C(=O)NCC[PH](c5ccccc5)(c5ccccc5)c5ccccc5)cc4C3)ccc2c1. The Morgan fingerprint density at radius 3 is 1.91 bits per heavy atom. The standard InChI is InChI=1S/C40H36N3OP/c1-41-34-21-19-29-25-31(18-17-30(29)27-34)39-28-33-26-32(20-22-38(33)43-39)40(44)42-23-24-45(35-11-5-2-6-12-35,36-13-7-3-8-14-36)37-15-9-4-10-16-37/h2-22,25-27,41,45H,23-24,28H2,1H3,(H,42,44). The van der Waals surface area contributed by atoms with E-state index in [4.69, 9.17) is 4.99 Å². The Balaban J connectivity index is 1.10. The minimum atomic E-state index is -2.42. The summed E-state index contributed by atoms with van der Waals surface area (Å²) >= 11 is 0. The van der Waals surface area contributed by atoms with E-state index in [9.17, 15) is 4.79 Å². The fraction of sp³-hybridized carbons (Fsp3) is 0.100. The van der Waals surface area contributed by atoms with Gasteiger partial charge in [-0.05, 0) is 17.5 Å². The van der Waals surface area contributed by atoms with Crippen molar-refractivity contribution < 1.29 is 4.79 Å². The number of amides is 1. The van der Waals surface area contributed by atoms with Crippen molar-refractivity contribution in [3.63, 3.8) is 0 Å². The van der Waals surface area contributed by atoms with E-state index in [2.05, 4.69) is 138 Å². The molecule has 1 heterocycles. The maximum absolute atomic E-state index is 13.6. The summed E-state index contributed by atoms with van der Waals surface area (Å²) in [6.45, 7) is 0.578. The molecule has 5 heteroatoms. The van der Waals surface area contributed by atoms with Crippen molar-refractivity contribution in [3.05, 3.63) is 162 Å². The van der Waals surface area contributed by atoms with Gasteiger partial charge in [0.05, 0.1) is 0 Å². The summed E-state index contributed by atoms with van der Waals surface area (Å²) in [6, 6.07) is 51.2. The van der Waals surface area contributed by atoms with E-state index in [0.29, 0.717) is 18.5 Å². The quantitative estimate of drug-likeness (QED) is 0.174. The zero-order valence-electron chi connectivity index (χ0n) is 25.3. The molecular formula is C40H36N3OP. The first-order chi connectivity index (χ1) is 22.1. The maximum atomic E-state index is 13.6. The molecule has 6 aromatic carbocycles. The first-order valence-corrected chi connectivity index (χ1v) is 17.7. The Labute approximate surface area is 265 Å². The van der Waals surface area contributed by atoms with Crippen LogP contribution >= 0.6 is 7.26 Å². The second-order valence-electron chi connectivity index (χ2n) is 11.6. The minimum Gasteiger partial charge on any atom is -0.0311 e. The van der Waals surface area contributed by atoms with Crippen molar-refractivity contribution in [1.82, 2.24) is 5.32 Å². The van der Waals surface area contributed by atoms with Crippen LogP contribution in [0.3, 0.4) is 0 Å². The molecule has 0 aromatic heterocycles. The van der Waals surface area contributed by atoms with Crippen molar-refractivity contribution in [2.45, 2.75) is 6.42 Å². The summed E-state index contributed by atoms with van der Waals surface area (Å²) in [6.07, 6.45) is 1.56. The summed E-state index contributed by atoms with van der Waals surface area (Å²) in [5.74, 6) is -0.0469. The Kier molecular flexibility index (Phi) is 7.98. The van der Waals surface area contributed by atoms with Crippen molar-refractivity contribution in [1.29, 1.82) is 0 Å². The second kappa shape index (κ2) is 12.5. The number of hydrogen-bond donors (Lipinski definition) is 2. The van der Waals surface area contributed by atoms with E-state index in [1.807, 2.05) is 25.2 Å². The molecule has 6 aromatic rings. The van der Waals surface area contributed by atoms with Crippen LogP contribution in [0.4, 0.5) is 11.4 Å². The first-order valence-electron chi connectivity index (χ1n) is 15.5. The Morgan fingerprint density at radius 1 is 0.689 bits per heavy atom. The molecule has 0 saturated carbocycles. The molecule has 1 aliphatic heterocycles. The van der Waals surface area contributed by atoms with Gasteiger partial charge in [-0.2, -0.15) is 0 Å². The van der Waals surface area contributed by atoms with Gasteiger partial charge < -0.3 is 5.32 Å². The van der Waals surface area contributed by atoms with E-state index in [1.165, 1.54) is 26.7 Å². The van der Waals surface area contributed by atoms with E-state index in [-0.39, 0.29) is 5.91 Å². The predicted molar refractivity (Wildman–Crippen MR) is 194 cm³/mol. The molecule has 1 aliphatic rings. The third-order valence-electron chi connectivity index (χ3n) is 9.00. The second-order valence-corrected chi connectivity index (χ2v) is 15.7. The van der Waals surface area contributed by atoms with Gasteiger partial charge >= 0.3 is 224 Å². The van der Waals surface area contributed by atoms with Crippen LogP contribution in [0.5, 0.6) is 0 Å². The Morgan fingerprint density at radius 2 is 1.29 bits per heavy atom. The first kappa shape index (κ1) is 28.7. The molecular weight excluding hydrogens is 569 g/mol. The molecule has 0 atom stereocenters. The van der Waals surface area contributed by atoms with Gasteiger partial charge in [0.25, 0.3) is 0 Å². The molecule has 0 radical (unpaired) electrons. The number of anilines is 1. The van der Waals surface area contributed by atoms with Crippen molar-refractivity contribution in [3.8, 4) is 0 Å². The Bertz CT molecular complexity index is 1910. The number of hydrogen-bond acceptors (Lipinski definition) is 3. The van der Waals surface area contributed by atoms with Crippen molar-refractivity contribution in [2.75, 3.05) is 25.1 Å². The molecule has 222 valence electrons. The van der Waals surface area contributed by atoms with Gasteiger partial charge in [-0.3, -0.25) is 0 Å². The van der Waals surface area contributed by atoms with Crippen LogP contribution in [0.1, 0.15) is 21.5 Å². The van der Waals surface area contributed by atoms with Crippen LogP contribution in [0.15, 0.2) is 151 Å². The number of nitrogens with one attached hydrogen (secondary N) is 2. The Hall–Kier alpha value is -5.05. The van der Waals surface area contributed by atoms with Crippen LogP contribution in [0.2, 0.25) is 0 Å². The van der Waals surface area contributed by atoms with Gasteiger partial charge in [-0.1, -0.05) is 6.07 Å². The third-order valence-corrected chi connectivity index (χ3v) is 14.0. The number of carbonyl (C=O) groups is 1.